The van der Waals surface area contributed by atoms with Crippen molar-refractivity contribution >= 4 is 9.84 Å². The van der Waals surface area contributed by atoms with Crippen LogP contribution in [0.3, 0.4) is 0 Å². The Morgan fingerprint density at radius 2 is 1.95 bits per heavy atom. The zero-order valence-electron chi connectivity index (χ0n) is 11.0. The van der Waals surface area contributed by atoms with E-state index in [4.69, 9.17) is 6.57 Å². The van der Waals surface area contributed by atoms with Crippen LogP contribution in [-0.4, -0.2) is 26.9 Å². The molecule has 1 aromatic rings. The van der Waals surface area contributed by atoms with Crippen LogP contribution in [0.2, 0.25) is 0 Å². The van der Waals surface area contributed by atoms with Crippen LogP contribution in [0.1, 0.15) is 18.4 Å². The first kappa shape index (κ1) is 13.6. The summed E-state index contributed by atoms with van der Waals surface area (Å²) in [6.07, 6.45) is 1.55. The van der Waals surface area contributed by atoms with Gasteiger partial charge in [-0.1, -0.05) is 17.7 Å². The average molecular weight is 276 g/mol. The quantitative estimate of drug-likeness (QED) is 0.780. The first-order valence-corrected chi connectivity index (χ1v) is 7.58. The number of sulfone groups is 1. The summed E-state index contributed by atoms with van der Waals surface area (Å²) in [6, 6.07) is 6.62. The maximum atomic E-state index is 12.5. The fraction of sp³-hybridized carbons (Fsp3) is 0.357. The third-order valence-electron chi connectivity index (χ3n) is 3.30. The number of benzene rings is 1. The van der Waals surface area contributed by atoms with Gasteiger partial charge in [0.15, 0.2) is 0 Å². The molecule has 5 heteroatoms. The predicted octanol–water partition coefficient (Wildman–Crippen LogP) is 2.58. The number of nitrogens with zero attached hydrogens (tertiary/aromatic N) is 2. The summed E-state index contributed by atoms with van der Waals surface area (Å²) in [5.41, 5.74) is 1.63. The molecule has 0 atom stereocenters. The summed E-state index contributed by atoms with van der Waals surface area (Å²) in [5, 5.41) is -0.128. The summed E-state index contributed by atoms with van der Waals surface area (Å²) in [5.74, 6) is 0. The van der Waals surface area contributed by atoms with E-state index in [1.165, 1.54) is 0 Å². The number of rotatable bonds is 2. The van der Waals surface area contributed by atoms with Gasteiger partial charge >= 0.3 is 5.03 Å². The van der Waals surface area contributed by atoms with E-state index in [-0.39, 0.29) is 9.92 Å². The van der Waals surface area contributed by atoms with Gasteiger partial charge in [0.1, 0.15) is 0 Å². The molecule has 4 nitrogen and oxygen atoms in total. The number of likely N-dealkylation sites (tertiary alicyclic amines) is 1. The van der Waals surface area contributed by atoms with Gasteiger partial charge in [-0.05, 0) is 31.9 Å². The number of hydrogen-bond acceptors (Lipinski definition) is 3. The van der Waals surface area contributed by atoms with Crippen molar-refractivity contribution in [1.82, 2.24) is 4.90 Å². The maximum Gasteiger partial charge on any atom is 0.301 e. The molecule has 0 bridgehead atoms. The van der Waals surface area contributed by atoms with E-state index in [2.05, 4.69) is 4.85 Å². The summed E-state index contributed by atoms with van der Waals surface area (Å²) in [4.78, 5) is 5.34. The molecule has 1 aliphatic heterocycles. The second-order valence-corrected chi connectivity index (χ2v) is 6.57. The molecule has 19 heavy (non-hydrogen) atoms. The molecule has 1 saturated heterocycles. The first-order valence-electron chi connectivity index (χ1n) is 6.10. The fourth-order valence-corrected chi connectivity index (χ4v) is 3.59. The minimum atomic E-state index is -3.70. The molecule has 0 N–H and O–H groups in total. The second kappa shape index (κ2) is 5.06. The lowest BCUT2D eigenvalue weighted by Crippen LogP contribution is -2.15. The fourth-order valence-electron chi connectivity index (χ4n) is 2.19. The Morgan fingerprint density at radius 1 is 1.32 bits per heavy atom. The van der Waals surface area contributed by atoms with Gasteiger partial charge in [0, 0.05) is 19.3 Å². The highest BCUT2D eigenvalue weighted by Crippen LogP contribution is 2.30. The Hall–Kier alpha value is -1.80. The molecule has 100 valence electrons. The molecule has 2 rings (SSSR count). The highest BCUT2D eigenvalue weighted by molar-refractivity contribution is 7.95. The lowest BCUT2D eigenvalue weighted by atomic mass is 10.2. The van der Waals surface area contributed by atoms with E-state index in [1.807, 2.05) is 18.9 Å². The number of allylic oxidation sites excluding steroid dienone is 1. The van der Waals surface area contributed by atoms with Gasteiger partial charge in [0.2, 0.25) is 9.84 Å². The zero-order valence-corrected chi connectivity index (χ0v) is 11.9. The van der Waals surface area contributed by atoms with Crippen molar-refractivity contribution in [3.63, 3.8) is 0 Å². The van der Waals surface area contributed by atoms with E-state index in [0.29, 0.717) is 12.1 Å². The van der Waals surface area contributed by atoms with Crippen molar-refractivity contribution in [3.8, 4) is 0 Å². The van der Waals surface area contributed by atoms with Crippen LogP contribution < -0.4 is 0 Å². The van der Waals surface area contributed by atoms with Crippen LogP contribution in [-0.2, 0) is 9.84 Å². The maximum absolute atomic E-state index is 12.5. The van der Waals surface area contributed by atoms with Crippen molar-refractivity contribution in [2.24, 2.45) is 0 Å². The molecule has 1 aromatic carbocycles. The molecular formula is C14H16N2O2S. The Labute approximate surface area is 114 Å². The zero-order chi connectivity index (χ0) is 14.0. The van der Waals surface area contributed by atoms with E-state index in [0.717, 1.165) is 18.5 Å². The Morgan fingerprint density at radius 3 is 2.42 bits per heavy atom. The van der Waals surface area contributed by atoms with Crippen molar-refractivity contribution in [2.75, 3.05) is 13.6 Å². The monoisotopic (exact) mass is 276 g/mol. The van der Waals surface area contributed by atoms with Crippen LogP contribution >= 0.6 is 0 Å². The van der Waals surface area contributed by atoms with Gasteiger partial charge in [-0.3, -0.25) is 0 Å². The van der Waals surface area contributed by atoms with E-state index >= 15 is 0 Å². The first-order chi connectivity index (χ1) is 8.96. The van der Waals surface area contributed by atoms with Gasteiger partial charge in [-0.25, -0.2) is 13.3 Å². The summed E-state index contributed by atoms with van der Waals surface area (Å²) in [7, 11) is -1.87. The summed E-state index contributed by atoms with van der Waals surface area (Å²) < 4.78 is 25.0. The molecule has 0 aliphatic carbocycles. The smallest absolute Gasteiger partial charge is 0.301 e. The van der Waals surface area contributed by atoms with Gasteiger partial charge in [0.05, 0.1) is 11.5 Å². The molecular weight excluding hydrogens is 260 g/mol. The van der Waals surface area contributed by atoms with Crippen LogP contribution in [0.4, 0.5) is 0 Å². The standard InChI is InChI=1S/C14H16N2O2S/c1-11-6-8-12(9-7-11)19(17,18)14(15-2)13-5-4-10-16(13)3/h6-9H,4-5,10H2,1,3H3. The van der Waals surface area contributed by atoms with E-state index < -0.39 is 9.84 Å². The van der Waals surface area contributed by atoms with Gasteiger partial charge in [-0.15, -0.1) is 0 Å². The molecule has 0 amide bonds. The van der Waals surface area contributed by atoms with E-state index in [1.54, 1.807) is 24.3 Å². The Balaban J connectivity index is 2.55. The van der Waals surface area contributed by atoms with Crippen LogP contribution in [0, 0.1) is 13.5 Å². The average Bonchev–Trinajstić information content (AvgIpc) is 2.77. The molecule has 0 aromatic heterocycles. The van der Waals surface area contributed by atoms with E-state index in [9.17, 15) is 8.42 Å². The van der Waals surface area contributed by atoms with Gasteiger partial charge in [-0.2, -0.15) is 0 Å². The predicted molar refractivity (Wildman–Crippen MR) is 73.9 cm³/mol. The SMILES string of the molecule is [C-]#[N+]C(=C1CCCN1C)S(=O)(=O)c1ccc(C)cc1. The molecule has 1 fully saturated rings. The molecule has 0 unspecified atom stereocenters. The normalized spacial score (nSPS) is 18.3. The third-order valence-corrected chi connectivity index (χ3v) is 5.03. The topological polar surface area (TPSA) is 41.7 Å². The second-order valence-electron chi connectivity index (χ2n) is 4.71. The van der Waals surface area contributed by atoms with Crippen molar-refractivity contribution < 1.29 is 8.42 Å². The molecule has 0 saturated carbocycles. The third kappa shape index (κ3) is 2.49. The van der Waals surface area contributed by atoms with Gasteiger partial charge < -0.3 is 4.90 Å². The summed E-state index contributed by atoms with van der Waals surface area (Å²) in [6.45, 7) is 9.92. The minimum Gasteiger partial charge on any atom is -0.386 e. The lowest BCUT2D eigenvalue weighted by molar-refractivity contribution is 0.479. The largest absolute Gasteiger partial charge is 0.386 e. The molecule has 0 radical (unpaired) electrons. The summed E-state index contributed by atoms with van der Waals surface area (Å²) >= 11 is 0. The number of hydrogen-bond donors (Lipinski definition) is 0. The van der Waals surface area contributed by atoms with Crippen molar-refractivity contribution in [1.29, 1.82) is 0 Å². The van der Waals surface area contributed by atoms with Crippen molar-refractivity contribution in [3.05, 3.63) is 52.0 Å². The van der Waals surface area contributed by atoms with Crippen LogP contribution in [0.15, 0.2) is 39.9 Å². The lowest BCUT2D eigenvalue weighted by Gasteiger charge is -2.15. The Kier molecular flexibility index (Phi) is 3.63. The van der Waals surface area contributed by atoms with Crippen LogP contribution in [0.5, 0.6) is 0 Å². The molecule has 1 heterocycles. The van der Waals surface area contributed by atoms with Crippen LogP contribution in [0.25, 0.3) is 4.85 Å². The molecule has 0 spiro atoms. The minimum absolute atomic E-state index is 0.128. The highest BCUT2D eigenvalue weighted by Gasteiger charge is 2.29. The van der Waals surface area contributed by atoms with Crippen molar-refractivity contribution in [2.45, 2.75) is 24.7 Å². The number of aryl methyl sites for hydroxylation is 1. The molecule has 1 aliphatic rings. The Bertz CT molecular complexity index is 652. The van der Waals surface area contributed by atoms with Gasteiger partial charge in [0.25, 0.3) is 0 Å². The highest BCUT2D eigenvalue weighted by atomic mass is 32.2.